The van der Waals surface area contributed by atoms with Crippen molar-refractivity contribution in [3.8, 4) is 0 Å². The molecular formula is C8H12N4O. The molecule has 2 heterocycles. The zero-order valence-corrected chi connectivity index (χ0v) is 7.74. The van der Waals surface area contributed by atoms with Crippen LogP contribution in [0.5, 0.6) is 0 Å². The Hall–Kier alpha value is -1.39. The standard InChI is InChI=1S/C8H12N4O/c1-5(2)12-7-6(10-11-12)3-4-9-8(7)13/h5H,3-4H2,1-2H3,(H,9,13). The lowest BCUT2D eigenvalue weighted by Crippen LogP contribution is -2.33. The molecule has 2 rings (SSSR count). The number of fused-ring (bicyclic) bond motifs is 1. The number of carbonyl (C=O) groups excluding carboxylic acids is 1. The Kier molecular flexibility index (Phi) is 1.79. The molecule has 0 aromatic carbocycles. The molecule has 5 nitrogen and oxygen atoms in total. The van der Waals surface area contributed by atoms with Gasteiger partial charge in [-0.15, -0.1) is 5.10 Å². The minimum atomic E-state index is -0.0556. The van der Waals surface area contributed by atoms with E-state index in [1.165, 1.54) is 0 Å². The Balaban J connectivity index is 2.50. The highest BCUT2D eigenvalue weighted by atomic mass is 16.2. The predicted octanol–water partition coefficient (Wildman–Crippen LogP) is 0.145. The first-order valence-electron chi connectivity index (χ1n) is 4.42. The minimum absolute atomic E-state index is 0.0556. The second-order valence-corrected chi connectivity index (χ2v) is 3.43. The van der Waals surface area contributed by atoms with Crippen molar-refractivity contribution in [3.63, 3.8) is 0 Å². The second-order valence-electron chi connectivity index (χ2n) is 3.43. The number of aromatic nitrogens is 3. The van der Waals surface area contributed by atoms with Gasteiger partial charge < -0.3 is 5.32 Å². The Morgan fingerprint density at radius 3 is 3.00 bits per heavy atom. The Morgan fingerprint density at radius 1 is 1.54 bits per heavy atom. The van der Waals surface area contributed by atoms with Gasteiger partial charge in [-0.2, -0.15) is 0 Å². The first-order chi connectivity index (χ1) is 6.20. The van der Waals surface area contributed by atoms with Gasteiger partial charge in [0, 0.05) is 19.0 Å². The molecule has 70 valence electrons. The number of nitrogens with zero attached hydrogens (tertiary/aromatic N) is 3. The summed E-state index contributed by atoms with van der Waals surface area (Å²) in [6, 6.07) is 0.181. The van der Waals surface area contributed by atoms with E-state index >= 15 is 0 Å². The molecule has 0 saturated heterocycles. The van der Waals surface area contributed by atoms with Crippen molar-refractivity contribution in [1.29, 1.82) is 0 Å². The normalized spacial score (nSPS) is 15.8. The molecule has 0 aliphatic carbocycles. The molecule has 1 aromatic heterocycles. The van der Waals surface area contributed by atoms with Crippen molar-refractivity contribution in [3.05, 3.63) is 11.4 Å². The second kappa shape index (κ2) is 2.83. The van der Waals surface area contributed by atoms with Gasteiger partial charge in [-0.25, -0.2) is 4.68 Å². The van der Waals surface area contributed by atoms with Crippen LogP contribution in [0, 0.1) is 0 Å². The molecule has 1 aliphatic heterocycles. The van der Waals surface area contributed by atoms with E-state index in [9.17, 15) is 4.79 Å². The van der Waals surface area contributed by atoms with E-state index in [2.05, 4.69) is 15.6 Å². The Labute approximate surface area is 76.1 Å². The summed E-state index contributed by atoms with van der Waals surface area (Å²) < 4.78 is 1.67. The van der Waals surface area contributed by atoms with E-state index in [1.54, 1.807) is 4.68 Å². The summed E-state index contributed by atoms with van der Waals surface area (Å²) in [5.41, 5.74) is 1.44. The summed E-state index contributed by atoms with van der Waals surface area (Å²) >= 11 is 0. The van der Waals surface area contributed by atoms with Crippen molar-refractivity contribution < 1.29 is 4.79 Å². The van der Waals surface area contributed by atoms with Crippen molar-refractivity contribution >= 4 is 5.91 Å². The van der Waals surface area contributed by atoms with Crippen LogP contribution in [0.15, 0.2) is 0 Å². The first kappa shape index (κ1) is 8.22. The van der Waals surface area contributed by atoms with Crippen LogP contribution in [0.4, 0.5) is 0 Å². The number of hydrogen-bond donors (Lipinski definition) is 1. The zero-order chi connectivity index (χ0) is 9.42. The van der Waals surface area contributed by atoms with Crippen LogP contribution in [-0.2, 0) is 6.42 Å². The van der Waals surface area contributed by atoms with Gasteiger partial charge in [0.25, 0.3) is 5.91 Å². The van der Waals surface area contributed by atoms with E-state index in [-0.39, 0.29) is 11.9 Å². The summed E-state index contributed by atoms with van der Waals surface area (Å²) in [5.74, 6) is -0.0556. The molecule has 0 fully saturated rings. The van der Waals surface area contributed by atoms with Crippen LogP contribution in [0.2, 0.25) is 0 Å². The molecule has 1 N–H and O–H groups in total. The average molecular weight is 180 g/mol. The molecule has 1 aromatic rings. The molecule has 0 spiro atoms. The molecule has 0 saturated carbocycles. The molecule has 0 atom stereocenters. The van der Waals surface area contributed by atoms with Crippen LogP contribution < -0.4 is 5.32 Å². The van der Waals surface area contributed by atoms with Gasteiger partial charge in [-0.1, -0.05) is 5.21 Å². The number of amides is 1. The van der Waals surface area contributed by atoms with Gasteiger partial charge in [0.05, 0.1) is 5.69 Å². The smallest absolute Gasteiger partial charge is 0.271 e. The molecule has 0 radical (unpaired) electrons. The minimum Gasteiger partial charge on any atom is -0.350 e. The maximum absolute atomic E-state index is 11.5. The maximum Gasteiger partial charge on any atom is 0.271 e. The number of nitrogens with one attached hydrogen (secondary N) is 1. The maximum atomic E-state index is 11.5. The SMILES string of the molecule is CC(C)n1nnc2c1C(=O)NCC2. The molecular weight excluding hydrogens is 168 g/mol. The van der Waals surface area contributed by atoms with Crippen LogP contribution in [0.1, 0.15) is 36.1 Å². The summed E-state index contributed by atoms with van der Waals surface area (Å²) in [6.07, 6.45) is 0.786. The van der Waals surface area contributed by atoms with Crippen LogP contribution in [-0.4, -0.2) is 27.4 Å². The third-order valence-corrected chi connectivity index (χ3v) is 2.12. The summed E-state index contributed by atoms with van der Waals surface area (Å²) in [7, 11) is 0. The van der Waals surface area contributed by atoms with E-state index in [1.807, 2.05) is 13.8 Å². The van der Waals surface area contributed by atoms with Crippen LogP contribution >= 0.6 is 0 Å². The zero-order valence-electron chi connectivity index (χ0n) is 7.74. The highest BCUT2D eigenvalue weighted by Gasteiger charge is 2.24. The Morgan fingerprint density at radius 2 is 2.31 bits per heavy atom. The van der Waals surface area contributed by atoms with Crippen LogP contribution in [0.25, 0.3) is 0 Å². The molecule has 0 bridgehead atoms. The predicted molar refractivity (Wildman–Crippen MR) is 46.4 cm³/mol. The molecule has 5 heteroatoms. The van der Waals surface area contributed by atoms with E-state index in [4.69, 9.17) is 0 Å². The lowest BCUT2D eigenvalue weighted by molar-refractivity contribution is 0.0933. The van der Waals surface area contributed by atoms with E-state index in [0.717, 1.165) is 12.1 Å². The molecule has 1 aliphatic rings. The number of hydrogen-bond acceptors (Lipinski definition) is 3. The topological polar surface area (TPSA) is 59.8 Å². The fraction of sp³-hybridized carbons (Fsp3) is 0.625. The molecule has 0 unspecified atom stereocenters. The van der Waals surface area contributed by atoms with Gasteiger partial charge in [0.15, 0.2) is 0 Å². The monoisotopic (exact) mass is 180 g/mol. The molecule has 1 amide bonds. The lowest BCUT2D eigenvalue weighted by atomic mass is 10.1. The van der Waals surface area contributed by atoms with Crippen molar-refractivity contribution in [2.75, 3.05) is 6.54 Å². The number of rotatable bonds is 1. The quantitative estimate of drug-likeness (QED) is 0.669. The summed E-state index contributed by atoms with van der Waals surface area (Å²) in [6.45, 7) is 4.64. The van der Waals surface area contributed by atoms with Crippen molar-refractivity contribution in [2.45, 2.75) is 26.3 Å². The van der Waals surface area contributed by atoms with Gasteiger partial charge in [0.1, 0.15) is 5.69 Å². The van der Waals surface area contributed by atoms with Gasteiger partial charge in [-0.3, -0.25) is 4.79 Å². The third-order valence-electron chi connectivity index (χ3n) is 2.12. The fourth-order valence-electron chi connectivity index (χ4n) is 1.47. The average Bonchev–Trinajstić information content (AvgIpc) is 2.49. The highest BCUT2D eigenvalue weighted by molar-refractivity contribution is 5.94. The summed E-state index contributed by atoms with van der Waals surface area (Å²) in [5, 5.41) is 10.7. The Bertz CT molecular complexity index is 342. The van der Waals surface area contributed by atoms with Gasteiger partial charge in [-0.05, 0) is 13.8 Å². The van der Waals surface area contributed by atoms with Crippen molar-refractivity contribution in [2.24, 2.45) is 0 Å². The van der Waals surface area contributed by atoms with E-state index in [0.29, 0.717) is 12.2 Å². The first-order valence-corrected chi connectivity index (χ1v) is 4.42. The van der Waals surface area contributed by atoms with Crippen LogP contribution in [0.3, 0.4) is 0 Å². The van der Waals surface area contributed by atoms with Crippen molar-refractivity contribution in [1.82, 2.24) is 20.3 Å². The van der Waals surface area contributed by atoms with Gasteiger partial charge >= 0.3 is 0 Å². The lowest BCUT2D eigenvalue weighted by Gasteiger charge is -2.14. The number of carbonyl (C=O) groups is 1. The van der Waals surface area contributed by atoms with Gasteiger partial charge in [0.2, 0.25) is 0 Å². The van der Waals surface area contributed by atoms with E-state index < -0.39 is 0 Å². The molecule has 13 heavy (non-hydrogen) atoms. The highest BCUT2D eigenvalue weighted by Crippen LogP contribution is 2.14. The third kappa shape index (κ3) is 1.20. The largest absolute Gasteiger partial charge is 0.350 e. The fourth-order valence-corrected chi connectivity index (χ4v) is 1.47. The summed E-state index contributed by atoms with van der Waals surface area (Å²) in [4.78, 5) is 11.5.